The molecule has 128 valence electrons. The fraction of sp³-hybridized carbons (Fsp3) is 0.0455. The van der Waals surface area contributed by atoms with Gasteiger partial charge in [0.15, 0.2) is 17.1 Å². The highest BCUT2D eigenvalue weighted by atomic mass is 16.5. The fourth-order valence-corrected chi connectivity index (χ4v) is 2.79. The maximum Gasteiger partial charge on any atom is 0.220 e. The van der Waals surface area contributed by atoms with Crippen LogP contribution in [0.1, 0.15) is 11.5 Å². The van der Waals surface area contributed by atoms with Crippen molar-refractivity contribution < 1.29 is 14.3 Å². The summed E-state index contributed by atoms with van der Waals surface area (Å²) in [4.78, 5) is 4.54. The van der Waals surface area contributed by atoms with E-state index in [4.69, 9.17) is 9.15 Å². The minimum Gasteiger partial charge on any atom is -0.504 e. The van der Waals surface area contributed by atoms with Crippen molar-refractivity contribution >= 4 is 23.3 Å². The Balaban J connectivity index is 1.63. The molecule has 4 nitrogen and oxygen atoms in total. The highest BCUT2D eigenvalue weighted by Gasteiger charge is 2.06. The molecule has 4 heteroatoms. The summed E-state index contributed by atoms with van der Waals surface area (Å²) in [5.41, 5.74) is 4.68. The van der Waals surface area contributed by atoms with Gasteiger partial charge in [-0.3, -0.25) is 0 Å². The van der Waals surface area contributed by atoms with E-state index >= 15 is 0 Å². The Bertz CT molecular complexity index is 1080. The van der Waals surface area contributed by atoms with Crippen molar-refractivity contribution in [2.45, 2.75) is 0 Å². The molecule has 0 saturated heterocycles. The maximum absolute atomic E-state index is 9.66. The molecule has 0 unspecified atom stereocenters. The van der Waals surface area contributed by atoms with Crippen LogP contribution in [0.5, 0.6) is 11.5 Å². The van der Waals surface area contributed by atoms with Crippen LogP contribution in [0.15, 0.2) is 71.1 Å². The van der Waals surface area contributed by atoms with Gasteiger partial charge in [-0.25, -0.2) is 4.98 Å². The predicted octanol–water partition coefficient (Wildman–Crippen LogP) is 5.38. The van der Waals surface area contributed by atoms with Gasteiger partial charge in [0.25, 0.3) is 0 Å². The highest BCUT2D eigenvalue weighted by molar-refractivity contribution is 5.82. The van der Waals surface area contributed by atoms with E-state index in [0.717, 1.165) is 27.8 Å². The summed E-state index contributed by atoms with van der Waals surface area (Å²) >= 11 is 0. The second kappa shape index (κ2) is 6.76. The number of methoxy groups -OCH3 is 1. The smallest absolute Gasteiger partial charge is 0.220 e. The van der Waals surface area contributed by atoms with Crippen molar-refractivity contribution in [3.05, 3.63) is 78.2 Å². The van der Waals surface area contributed by atoms with E-state index in [0.29, 0.717) is 11.6 Å². The second-order valence-corrected chi connectivity index (χ2v) is 5.87. The van der Waals surface area contributed by atoms with Crippen LogP contribution in [0.25, 0.3) is 34.4 Å². The molecule has 26 heavy (non-hydrogen) atoms. The van der Waals surface area contributed by atoms with Gasteiger partial charge < -0.3 is 14.3 Å². The van der Waals surface area contributed by atoms with Crippen LogP contribution in [0.3, 0.4) is 0 Å². The number of aromatic hydroxyl groups is 1. The average Bonchev–Trinajstić information content (AvgIpc) is 3.10. The monoisotopic (exact) mass is 343 g/mol. The van der Waals surface area contributed by atoms with Crippen LogP contribution in [-0.4, -0.2) is 17.2 Å². The van der Waals surface area contributed by atoms with Gasteiger partial charge in [0.2, 0.25) is 5.89 Å². The molecule has 0 aliphatic carbocycles. The zero-order valence-electron chi connectivity index (χ0n) is 14.2. The fourth-order valence-electron chi connectivity index (χ4n) is 2.79. The van der Waals surface area contributed by atoms with Crippen molar-refractivity contribution in [3.63, 3.8) is 0 Å². The molecular formula is C22H17NO3. The number of hydrogen-bond donors (Lipinski definition) is 1. The predicted molar refractivity (Wildman–Crippen MR) is 103 cm³/mol. The highest BCUT2D eigenvalue weighted by Crippen LogP contribution is 2.28. The van der Waals surface area contributed by atoms with Crippen molar-refractivity contribution in [2.24, 2.45) is 0 Å². The molecule has 0 radical (unpaired) electrons. The largest absolute Gasteiger partial charge is 0.504 e. The molecule has 4 rings (SSSR count). The number of ether oxygens (including phenoxy) is 1. The molecule has 0 aliphatic heterocycles. The van der Waals surface area contributed by atoms with E-state index < -0.39 is 0 Å². The molecule has 1 aromatic heterocycles. The number of aromatic nitrogens is 1. The Morgan fingerprint density at radius 2 is 1.77 bits per heavy atom. The van der Waals surface area contributed by atoms with Crippen molar-refractivity contribution in [3.8, 4) is 22.6 Å². The lowest BCUT2D eigenvalue weighted by Gasteiger charge is -2.03. The molecule has 0 atom stereocenters. The zero-order valence-corrected chi connectivity index (χ0v) is 14.2. The van der Waals surface area contributed by atoms with Crippen LogP contribution in [0.4, 0.5) is 0 Å². The van der Waals surface area contributed by atoms with E-state index in [1.54, 1.807) is 24.3 Å². The van der Waals surface area contributed by atoms with Gasteiger partial charge in [0.05, 0.1) is 7.11 Å². The van der Waals surface area contributed by atoms with E-state index in [1.807, 2.05) is 42.5 Å². The number of oxazole rings is 1. The Morgan fingerprint density at radius 1 is 0.923 bits per heavy atom. The molecule has 0 aliphatic rings. The summed E-state index contributed by atoms with van der Waals surface area (Å²) in [7, 11) is 1.52. The lowest BCUT2D eigenvalue weighted by molar-refractivity contribution is 0.373. The minimum absolute atomic E-state index is 0.111. The Morgan fingerprint density at radius 3 is 2.58 bits per heavy atom. The standard InChI is InChI=1S/C22H17NO3/c1-25-21-13-15(7-10-19(21)24)8-12-22-23-18-14-17(9-11-20(18)26-22)16-5-3-2-4-6-16/h2-14,24H,1H3/b12-8+. The van der Waals surface area contributed by atoms with Crippen molar-refractivity contribution in [1.29, 1.82) is 0 Å². The molecule has 0 saturated carbocycles. The Labute approximate surface area is 151 Å². The number of benzene rings is 3. The SMILES string of the molecule is COc1cc(/C=C/c2nc3cc(-c4ccccc4)ccc3o2)ccc1O. The summed E-state index contributed by atoms with van der Waals surface area (Å²) in [6.07, 6.45) is 3.67. The lowest BCUT2D eigenvalue weighted by Crippen LogP contribution is -1.84. The molecule has 1 heterocycles. The first-order valence-corrected chi connectivity index (χ1v) is 8.24. The van der Waals surface area contributed by atoms with Gasteiger partial charge in [0, 0.05) is 6.08 Å². The average molecular weight is 343 g/mol. The van der Waals surface area contributed by atoms with Crippen LogP contribution in [0, 0.1) is 0 Å². The van der Waals surface area contributed by atoms with E-state index in [1.165, 1.54) is 7.11 Å². The van der Waals surface area contributed by atoms with Crippen LogP contribution >= 0.6 is 0 Å². The quantitative estimate of drug-likeness (QED) is 0.540. The number of fused-ring (bicyclic) bond motifs is 1. The normalized spacial score (nSPS) is 11.3. The third-order valence-electron chi connectivity index (χ3n) is 4.13. The summed E-state index contributed by atoms with van der Waals surface area (Å²) in [6, 6.07) is 21.3. The van der Waals surface area contributed by atoms with E-state index in [9.17, 15) is 5.11 Å². The Kier molecular flexibility index (Phi) is 4.15. The summed E-state index contributed by atoms with van der Waals surface area (Å²) in [5.74, 6) is 1.06. The number of rotatable bonds is 4. The maximum atomic E-state index is 9.66. The lowest BCUT2D eigenvalue weighted by atomic mass is 10.1. The molecule has 1 N–H and O–H groups in total. The number of phenolic OH excluding ortho intramolecular Hbond substituents is 1. The molecular weight excluding hydrogens is 326 g/mol. The second-order valence-electron chi connectivity index (χ2n) is 5.87. The topological polar surface area (TPSA) is 55.5 Å². The summed E-state index contributed by atoms with van der Waals surface area (Å²) in [6.45, 7) is 0. The van der Waals surface area contributed by atoms with E-state index in [-0.39, 0.29) is 5.75 Å². The molecule has 0 fully saturated rings. The van der Waals surface area contributed by atoms with Crippen LogP contribution < -0.4 is 4.74 Å². The molecule has 0 spiro atoms. The summed E-state index contributed by atoms with van der Waals surface area (Å²) < 4.78 is 10.9. The zero-order chi connectivity index (χ0) is 17.9. The van der Waals surface area contributed by atoms with Gasteiger partial charge in [-0.2, -0.15) is 0 Å². The van der Waals surface area contributed by atoms with Gasteiger partial charge in [-0.05, 0) is 47.0 Å². The molecule has 0 amide bonds. The number of phenols is 1. The first-order chi connectivity index (χ1) is 12.7. The van der Waals surface area contributed by atoms with Gasteiger partial charge >= 0.3 is 0 Å². The minimum atomic E-state index is 0.111. The van der Waals surface area contributed by atoms with Crippen molar-refractivity contribution in [2.75, 3.05) is 7.11 Å². The van der Waals surface area contributed by atoms with Gasteiger partial charge in [0.1, 0.15) is 5.52 Å². The third-order valence-corrected chi connectivity index (χ3v) is 4.13. The van der Waals surface area contributed by atoms with Crippen LogP contribution in [-0.2, 0) is 0 Å². The number of hydrogen-bond acceptors (Lipinski definition) is 4. The first kappa shape index (κ1) is 16.0. The molecule has 4 aromatic rings. The van der Waals surface area contributed by atoms with Crippen LogP contribution in [0.2, 0.25) is 0 Å². The molecule has 0 bridgehead atoms. The third kappa shape index (κ3) is 3.17. The first-order valence-electron chi connectivity index (χ1n) is 8.24. The number of nitrogens with zero attached hydrogens (tertiary/aromatic N) is 1. The van der Waals surface area contributed by atoms with E-state index in [2.05, 4.69) is 17.1 Å². The molecule has 3 aromatic carbocycles. The van der Waals surface area contributed by atoms with Gasteiger partial charge in [-0.1, -0.05) is 42.5 Å². The van der Waals surface area contributed by atoms with Gasteiger partial charge in [-0.15, -0.1) is 0 Å². The van der Waals surface area contributed by atoms with Crippen molar-refractivity contribution in [1.82, 2.24) is 4.98 Å². The summed E-state index contributed by atoms with van der Waals surface area (Å²) in [5, 5.41) is 9.66. The Hall–Kier alpha value is -3.53.